The van der Waals surface area contributed by atoms with E-state index in [2.05, 4.69) is 4.98 Å². The van der Waals surface area contributed by atoms with Crippen molar-refractivity contribution < 1.29 is 9.13 Å². The fraction of sp³-hybridized carbons (Fsp3) is 0.556. The molecule has 0 aliphatic heterocycles. The van der Waals surface area contributed by atoms with E-state index in [1.807, 2.05) is 20.8 Å². The molecule has 0 aliphatic carbocycles. The van der Waals surface area contributed by atoms with Gasteiger partial charge in [0, 0.05) is 11.6 Å². The smallest absolute Gasteiger partial charge is 0.196 e. The number of ether oxygens (including phenoxy) is 1. The molecular formula is C9H14FNO. The van der Waals surface area contributed by atoms with E-state index in [-0.39, 0.29) is 11.4 Å². The van der Waals surface area contributed by atoms with Crippen molar-refractivity contribution in [2.75, 3.05) is 7.11 Å². The highest BCUT2D eigenvalue weighted by Crippen LogP contribution is 2.30. The van der Waals surface area contributed by atoms with Crippen LogP contribution in [0.1, 0.15) is 26.3 Å². The summed E-state index contributed by atoms with van der Waals surface area (Å²) in [6, 6.07) is 1.47. The molecule has 0 unspecified atom stereocenters. The van der Waals surface area contributed by atoms with Gasteiger partial charge in [0.2, 0.25) is 0 Å². The third-order valence-corrected chi connectivity index (χ3v) is 1.76. The van der Waals surface area contributed by atoms with Crippen molar-refractivity contribution in [3.8, 4) is 5.88 Å². The first-order valence-corrected chi connectivity index (χ1v) is 3.88. The third kappa shape index (κ3) is 1.60. The quantitative estimate of drug-likeness (QED) is 0.689. The summed E-state index contributed by atoms with van der Waals surface area (Å²) in [6.07, 6.45) is 0. The van der Waals surface area contributed by atoms with Gasteiger partial charge in [0.15, 0.2) is 11.8 Å². The number of rotatable bonds is 1. The number of aromatic amines is 1. The number of H-pyrrole nitrogens is 1. The SMILES string of the molecule is COc1[nH]c(F)cc1C(C)(C)C. The van der Waals surface area contributed by atoms with Crippen molar-refractivity contribution in [3.05, 3.63) is 17.6 Å². The average Bonchev–Trinajstić information content (AvgIpc) is 2.29. The number of halogens is 1. The second kappa shape index (κ2) is 2.81. The zero-order valence-corrected chi connectivity index (χ0v) is 7.86. The second-order valence-electron chi connectivity index (χ2n) is 3.81. The summed E-state index contributed by atoms with van der Waals surface area (Å²) < 4.78 is 17.8. The average molecular weight is 171 g/mol. The predicted octanol–water partition coefficient (Wildman–Crippen LogP) is 2.46. The Kier molecular flexibility index (Phi) is 2.13. The summed E-state index contributed by atoms with van der Waals surface area (Å²) in [5.74, 6) is 0.164. The number of nitrogens with one attached hydrogen (secondary N) is 1. The van der Waals surface area contributed by atoms with Gasteiger partial charge in [0.05, 0.1) is 7.11 Å². The van der Waals surface area contributed by atoms with Crippen LogP contribution in [0.25, 0.3) is 0 Å². The van der Waals surface area contributed by atoms with Gasteiger partial charge >= 0.3 is 0 Å². The fourth-order valence-electron chi connectivity index (χ4n) is 1.12. The maximum atomic E-state index is 12.8. The normalized spacial score (nSPS) is 11.8. The minimum Gasteiger partial charge on any atom is -0.482 e. The van der Waals surface area contributed by atoms with Crippen molar-refractivity contribution in [2.45, 2.75) is 26.2 Å². The van der Waals surface area contributed by atoms with Crippen LogP contribution in [0.5, 0.6) is 5.88 Å². The summed E-state index contributed by atoms with van der Waals surface area (Å²) in [5.41, 5.74) is 0.772. The molecule has 0 aliphatic rings. The largest absolute Gasteiger partial charge is 0.482 e. The van der Waals surface area contributed by atoms with Crippen LogP contribution in [0, 0.1) is 5.95 Å². The van der Waals surface area contributed by atoms with Gasteiger partial charge in [-0.05, 0) is 5.41 Å². The summed E-state index contributed by atoms with van der Waals surface area (Å²) in [7, 11) is 1.53. The molecule has 1 heterocycles. The van der Waals surface area contributed by atoms with Crippen LogP contribution in [0.4, 0.5) is 4.39 Å². The molecule has 0 atom stereocenters. The summed E-state index contributed by atoms with van der Waals surface area (Å²) >= 11 is 0. The lowest BCUT2D eigenvalue weighted by Gasteiger charge is -2.17. The Morgan fingerprint density at radius 1 is 1.42 bits per heavy atom. The van der Waals surface area contributed by atoms with Crippen LogP contribution in [0.3, 0.4) is 0 Å². The fourth-order valence-corrected chi connectivity index (χ4v) is 1.12. The van der Waals surface area contributed by atoms with E-state index in [4.69, 9.17) is 4.74 Å². The van der Waals surface area contributed by atoms with E-state index < -0.39 is 0 Å². The van der Waals surface area contributed by atoms with E-state index >= 15 is 0 Å². The minimum atomic E-state index is -0.350. The lowest BCUT2D eigenvalue weighted by molar-refractivity contribution is 0.381. The number of aromatic nitrogens is 1. The Morgan fingerprint density at radius 2 is 2.00 bits per heavy atom. The van der Waals surface area contributed by atoms with Crippen LogP contribution >= 0.6 is 0 Å². The lowest BCUT2D eigenvalue weighted by Crippen LogP contribution is -2.11. The molecule has 68 valence electrons. The number of hydrogen-bond acceptors (Lipinski definition) is 1. The molecule has 1 aromatic heterocycles. The summed E-state index contributed by atoms with van der Waals surface area (Å²) in [5, 5.41) is 0. The molecule has 1 N–H and O–H groups in total. The van der Waals surface area contributed by atoms with Gasteiger partial charge in [-0.1, -0.05) is 20.8 Å². The molecule has 12 heavy (non-hydrogen) atoms. The molecular weight excluding hydrogens is 157 g/mol. The van der Waals surface area contributed by atoms with E-state index in [1.165, 1.54) is 13.2 Å². The van der Waals surface area contributed by atoms with Crippen LogP contribution < -0.4 is 4.74 Å². The Balaban J connectivity index is 3.13. The first kappa shape index (κ1) is 9.10. The van der Waals surface area contributed by atoms with Crippen molar-refractivity contribution in [3.63, 3.8) is 0 Å². The molecule has 0 fully saturated rings. The first-order valence-electron chi connectivity index (χ1n) is 3.88. The first-order chi connectivity index (χ1) is 5.45. The Labute approximate surface area is 71.7 Å². The molecule has 0 radical (unpaired) electrons. The molecule has 0 saturated heterocycles. The number of methoxy groups -OCH3 is 1. The highest BCUT2D eigenvalue weighted by atomic mass is 19.1. The summed E-state index contributed by atoms with van der Waals surface area (Å²) in [6.45, 7) is 6.04. The molecule has 0 spiro atoms. The van der Waals surface area contributed by atoms with Gasteiger partial charge in [0.1, 0.15) is 0 Å². The maximum absolute atomic E-state index is 12.8. The lowest BCUT2D eigenvalue weighted by atomic mass is 9.89. The van der Waals surface area contributed by atoms with Gasteiger partial charge in [-0.3, -0.25) is 0 Å². The van der Waals surface area contributed by atoms with E-state index in [0.29, 0.717) is 5.88 Å². The molecule has 2 nitrogen and oxygen atoms in total. The van der Waals surface area contributed by atoms with Crippen molar-refractivity contribution in [1.82, 2.24) is 4.98 Å². The van der Waals surface area contributed by atoms with Crippen molar-refractivity contribution >= 4 is 0 Å². The Bertz CT molecular complexity index is 273. The molecule has 0 bridgehead atoms. The predicted molar refractivity (Wildman–Crippen MR) is 46.0 cm³/mol. The molecule has 0 aromatic carbocycles. The number of hydrogen-bond donors (Lipinski definition) is 1. The summed E-state index contributed by atoms with van der Waals surface area (Å²) in [4.78, 5) is 2.51. The molecule has 3 heteroatoms. The minimum absolute atomic E-state index is 0.0911. The van der Waals surface area contributed by atoms with Gasteiger partial charge in [-0.15, -0.1) is 0 Å². The van der Waals surface area contributed by atoms with Crippen molar-refractivity contribution in [1.29, 1.82) is 0 Å². The standard InChI is InChI=1S/C9H14FNO/c1-9(2,3)6-5-7(10)11-8(6)12-4/h5,11H,1-4H3. The maximum Gasteiger partial charge on any atom is 0.196 e. The van der Waals surface area contributed by atoms with Crippen LogP contribution in [0.15, 0.2) is 6.07 Å². The van der Waals surface area contributed by atoms with Crippen LogP contribution in [0.2, 0.25) is 0 Å². The van der Waals surface area contributed by atoms with Crippen LogP contribution in [-0.4, -0.2) is 12.1 Å². The van der Waals surface area contributed by atoms with Gasteiger partial charge in [0.25, 0.3) is 0 Å². The Hall–Kier alpha value is -0.990. The topological polar surface area (TPSA) is 25.0 Å². The van der Waals surface area contributed by atoms with E-state index in [1.54, 1.807) is 0 Å². The monoisotopic (exact) mass is 171 g/mol. The zero-order chi connectivity index (χ0) is 9.35. The van der Waals surface area contributed by atoms with Crippen molar-refractivity contribution in [2.24, 2.45) is 0 Å². The zero-order valence-electron chi connectivity index (χ0n) is 7.86. The Morgan fingerprint density at radius 3 is 2.33 bits per heavy atom. The van der Waals surface area contributed by atoms with Gasteiger partial charge in [-0.2, -0.15) is 4.39 Å². The van der Waals surface area contributed by atoms with Gasteiger partial charge in [-0.25, -0.2) is 0 Å². The molecule has 1 rings (SSSR count). The molecule has 0 amide bonds. The van der Waals surface area contributed by atoms with E-state index in [9.17, 15) is 4.39 Å². The highest BCUT2D eigenvalue weighted by molar-refractivity contribution is 5.33. The van der Waals surface area contributed by atoms with Gasteiger partial charge < -0.3 is 9.72 Å². The molecule has 1 aromatic rings. The third-order valence-electron chi connectivity index (χ3n) is 1.76. The second-order valence-corrected chi connectivity index (χ2v) is 3.81. The van der Waals surface area contributed by atoms with E-state index in [0.717, 1.165) is 5.56 Å². The highest BCUT2D eigenvalue weighted by Gasteiger charge is 2.21. The van der Waals surface area contributed by atoms with Crippen LogP contribution in [-0.2, 0) is 5.41 Å². The molecule has 0 saturated carbocycles.